The number of benzene rings is 2. The van der Waals surface area contributed by atoms with Crippen LogP contribution in [0.15, 0.2) is 91.4 Å². The van der Waals surface area contributed by atoms with Crippen molar-refractivity contribution in [2.75, 3.05) is 43.4 Å². The third-order valence-electron chi connectivity index (χ3n) is 6.33. The SMILES string of the molecule is CN1CCN(c2ccccc2NC(=O)C=Cc2cn(Cc3ccccc3)nc2-c2cccnc2)CC1. The van der Waals surface area contributed by atoms with Gasteiger partial charge < -0.3 is 15.1 Å². The second-order valence-electron chi connectivity index (χ2n) is 8.99. The van der Waals surface area contributed by atoms with Crippen molar-refractivity contribution in [3.63, 3.8) is 0 Å². The van der Waals surface area contributed by atoms with Crippen LogP contribution in [-0.2, 0) is 11.3 Å². The van der Waals surface area contributed by atoms with Gasteiger partial charge in [0.05, 0.1) is 17.9 Å². The molecule has 0 aliphatic carbocycles. The Morgan fingerprint density at radius 3 is 2.53 bits per heavy atom. The minimum atomic E-state index is -0.176. The van der Waals surface area contributed by atoms with Crippen LogP contribution in [-0.4, -0.2) is 58.8 Å². The maximum absolute atomic E-state index is 13.0. The molecule has 36 heavy (non-hydrogen) atoms. The molecular formula is C29H30N6O. The number of para-hydroxylation sites is 2. The highest BCUT2D eigenvalue weighted by Crippen LogP contribution is 2.27. The molecule has 3 heterocycles. The van der Waals surface area contributed by atoms with Gasteiger partial charge in [-0.25, -0.2) is 0 Å². The van der Waals surface area contributed by atoms with E-state index in [1.165, 1.54) is 0 Å². The van der Waals surface area contributed by atoms with E-state index < -0.39 is 0 Å². The highest BCUT2D eigenvalue weighted by molar-refractivity contribution is 6.04. The van der Waals surface area contributed by atoms with E-state index in [1.54, 1.807) is 18.5 Å². The van der Waals surface area contributed by atoms with Crippen LogP contribution in [0.3, 0.4) is 0 Å². The zero-order valence-electron chi connectivity index (χ0n) is 20.4. The smallest absolute Gasteiger partial charge is 0.248 e. The number of amides is 1. The predicted octanol–water partition coefficient (Wildman–Crippen LogP) is 4.40. The van der Waals surface area contributed by atoms with Gasteiger partial charge in [0.2, 0.25) is 5.91 Å². The molecule has 0 atom stereocenters. The van der Waals surface area contributed by atoms with Crippen molar-refractivity contribution in [2.45, 2.75) is 6.54 Å². The molecule has 182 valence electrons. The van der Waals surface area contributed by atoms with Crippen LogP contribution in [0, 0.1) is 0 Å². The second kappa shape index (κ2) is 11.0. The largest absolute Gasteiger partial charge is 0.367 e. The Kier molecular flexibility index (Phi) is 7.19. The summed E-state index contributed by atoms with van der Waals surface area (Å²) in [6.45, 7) is 4.54. The first-order valence-electron chi connectivity index (χ1n) is 12.2. The molecule has 1 N–H and O–H groups in total. The zero-order valence-corrected chi connectivity index (χ0v) is 20.4. The van der Waals surface area contributed by atoms with Crippen molar-refractivity contribution in [1.29, 1.82) is 0 Å². The van der Waals surface area contributed by atoms with E-state index in [1.807, 2.05) is 65.5 Å². The van der Waals surface area contributed by atoms with Gasteiger partial charge in [0.1, 0.15) is 5.69 Å². The number of carbonyl (C=O) groups is 1. The summed E-state index contributed by atoms with van der Waals surface area (Å²) in [6.07, 6.45) is 8.90. The van der Waals surface area contributed by atoms with Gasteiger partial charge in [-0.1, -0.05) is 42.5 Å². The lowest BCUT2D eigenvalue weighted by Crippen LogP contribution is -2.44. The van der Waals surface area contributed by atoms with Crippen LogP contribution < -0.4 is 10.2 Å². The van der Waals surface area contributed by atoms with Crippen molar-refractivity contribution in [3.8, 4) is 11.3 Å². The van der Waals surface area contributed by atoms with E-state index in [2.05, 4.69) is 45.3 Å². The molecule has 2 aromatic carbocycles. The number of pyridine rings is 1. The topological polar surface area (TPSA) is 66.3 Å². The summed E-state index contributed by atoms with van der Waals surface area (Å²) < 4.78 is 1.90. The number of hydrogen-bond acceptors (Lipinski definition) is 5. The van der Waals surface area contributed by atoms with Crippen LogP contribution in [0.4, 0.5) is 11.4 Å². The maximum Gasteiger partial charge on any atom is 0.248 e. The molecule has 0 radical (unpaired) electrons. The lowest BCUT2D eigenvalue weighted by Gasteiger charge is -2.35. The highest BCUT2D eigenvalue weighted by atomic mass is 16.1. The lowest BCUT2D eigenvalue weighted by atomic mass is 10.1. The van der Waals surface area contributed by atoms with E-state index in [0.29, 0.717) is 6.54 Å². The molecule has 5 rings (SSSR count). The number of aromatic nitrogens is 3. The molecule has 1 saturated heterocycles. The molecule has 1 amide bonds. The predicted molar refractivity (Wildman–Crippen MR) is 145 cm³/mol. The maximum atomic E-state index is 13.0. The van der Waals surface area contributed by atoms with Gasteiger partial charge >= 0.3 is 0 Å². The average Bonchev–Trinajstić information content (AvgIpc) is 3.32. The molecule has 1 aliphatic rings. The number of hydrogen-bond donors (Lipinski definition) is 1. The Balaban J connectivity index is 1.35. The molecule has 1 aliphatic heterocycles. The summed E-state index contributed by atoms with van der Waals surface area (Å²) in [7, 11) is 2.14. The Hall–Kier alpha value is -4.23. The highest BCUT2D eigenvalue weighted by Gasteiger charge is 2.17. The van der Waals surface area contributed by atoms with Gasteiger partial charge in [-0.05, 0) is 43.0 Å². The summed E-state index contributed by atoms with van der Waals surface area (Å²) in [5, 5.41) is 7.88. The van der Waals surface area contributed by atoms with Gasteiger partial charge in [-0.2, -0.15) is 5.10 Å². The number of likely N-dealkylation sites (N-methyl/N-ethyl adjacent to an activating group) is 1. The van der Waals surface area contributed by atoms with Crippen molar-refractivity contribution >= 4 is 23.4 Å². The van der Waals surface area contributed by atoms with E-state index in [-0.39, 0.29) is 5.91 Å². The monoisotopic (exact) mass is 478 g/mol. The molecular weight excluding hydrogens is 448 g/mol. The number of rotatable bonds is 7. The summed E-state index contributed by atoms with van der Waals surface area (Å²) >= 11 is 0. The van der Waals surface area contributed by atoms with E-state index in [4.69, 9.17) is 5.10 Å². The Morgan fingerprint density at radius 2 is 1.75 bits per heavy atom. The number of piperazine rings is 1. The summed E-state index contributed by atoms with van der Waals surface area (Å²) in [5.74, 6) is -0.176. The van der Waals surface area contributed by atoms with Gasteiger partial charge in [0.15, 0.2) is 0 Å². The van der Waals surface area contributed by atoms with Crippen LogP contribution in [0.25, 0.3) is 17.3 Å². The van der Waals surface area contributed by atoms with Gasteiger partial charge in [0.25, 0.3) is 0 Å². The van der Waals surface area contributed by atoms with Crippen molar-refractivity contribution in [3.05, 3.63) is 103 Å². The Labute approximate surface area is 211 Å². The van der Waals surface area contributed by atoms with Gasteiger partial charge in [0, 0.05) is 62.0 Å². The van der Waals surface area contributed by atoms with Crippen LogP contribution in [0.1, 0.15) is 11.1 Å². The number of nitrogens with zero attached hydrogens (tertiary/aromatic N) is 5. The minimum Gasteiger partial charge on any atom is -0.367 e. The normalized spacial score (nSPS) is 14.3. The Bertz CT molecular complexity index is 1320. The fraction of sp³-hybridized carbons (Fsp3) is 0.207. The van der Waals surface area contributed by atoms with E-state index in [0.717, 1.165) is 59.9 Å². The van der Waals surface area contributed by atoms with Crippen molar-refractivity contribution in [1.82, 2.24) is 19.7 Å². The minimum absolute atomic E-state index is 0.176. The van der Waals surface area contributed by atoms with Crippen LogP contribution in [0.5, 0.6) is 0 Å². The second-order valence-corrected chi connectivity index (χ2v) is 8.99. The average molecular weight is 479 g/mol. The quantitative estimate of drug-likeness (QED) is 0.399. The fourth-order valence-corrected chi connectivity index (χ4v) is 4.38. The van der Waals surface area contributed by atoms with E-state index in [9.17, 15) is 4.79 Å². The number of nitrogens with one attached hydrogen (secondary N) is 1. The fourth-order valence-electron chi connectivity index (χ4n) is 4.38. The first-order chi connectivity index (χ1) is 17.7. The number of carbonyl (C=O) groups excluding carboxylic acids is 1. The molecule has 0 unspecified atom stereocenters. The molecule has 7 nitrogen and oxygen atoms in total. The Morgan fingerprint density at radius 1 is 0.972 bits per heavy atom. The molecule has 0 bridgehead atoms. The summed E-state index contributed by atoms with van der Waals surface area (Å²) in [6, 6.07) is 22.1. The standard InChI is InChI=1S/C29H30N6O/c1-33-16-18-34(19-17-33)27-12-6-5-11-26(27)31-28(36)14-13-25-22-35(21-23-8-3-2-4-9-23)32-29(25)24-10-7-15-30-20-24/h2-15,20,22H,16-19,21H2,1H3,(H,31,36). The first-order valence-corrected chi connectivity index (χ1v) is 12.2. The summed E-state index contributed by atoms with van der Waals surface area (Å²) in [5.41, 5.74) is 5.60. The van der Waals surface area contributed by atoms with E-state index >= 15 is 0 Å². The van der Waals surface area contributed by atoms with Gasteiger partial charge in [-0.15, -0.1) is 0 Å². The molecule has 7 heteroatoms. The number of anilines is 2. The molecule has 2 aromatic heterocycles. The van der Waals surface area contributed by atoms with Crippen LogP contribution >= 0.6 is 0 Å². The molecule has 1 fully saturated rings. The van der Waals surface area contributed by atoms with Gasteiger partial charge in [-0.3, -0.25) is 14.5 Å². The molecule has 0 spiro atoms. The third-order valence-corrected chi connectivity index (χ3v) is 6.33. The molecule has 0 saturated carbocycles. The van der Waals surface area contributed by atoms with Crippen LogP contribution in [0.2, 0.25) is 0 Å². The molecule has 4 aromatic rings. The summed E-state index contributed by atoms with van der Waals surface area (Å²) in [4.78, 5) is 21.8. The lowest BCUT2D eigenvalue weighted by molar-refractivity contribution is -0.111. The first kappa shape index (κ1) is 23.5. The van der Waals surface area contributed by atoms with Crippen molar-refractivity contribution in [2.24, 2.45) is 0 Å². The third kappa shape index (κ3) is 5.70. The van der Waals surface area contributed by atoms with Crippen molar-refractivity contribution < 1.29 is 4.79 Å². The zero-order chi connectivity index (χ0) is 24.7.